The number of carbonyl (C=O) groups is 2. The second-order valence-corrected chi connectivity index (χ2v) is 6.75. The van der Waals surface area contributed by atoms with E-state index in [2.05, 4.69) is 19.6 Å². The molecule has 0 rings (SSSR count). The fourth-order valence-electron chi connectivity index (χ4n) is 1.72. The van der Waals surface area contributed by atoms with Gasteiger partial charge in [-0.15, -0.1) is 0 Å². The number of rotatable bonds is 12. The molecule has 0 aliphatic carbocycles. The summed E-state index contributed by atoms with van der Waals surface area (Å²) in [7, 11) is 0. The van der Waals surface area contributed by atoms with Gasteiger partial charge >= 0.3 is 5.97 Å². The molecule has 0 amide bonds. The van der Waals surface area contributed by atoms with Crippen LogP contribution in [0.4, 0.5) is 0 Å². The number of hydrogen-bond acceptors (Lipinski definition) is 4. The molecule has 21 heavy (non-hydrogen) atoms. The lowest BCUT2D eigenvalue weighted by atomic mass is 10.1. The number of carboxylic acids is 1. The lowest BCUT2D eigenvalue weighted by molar-refractivity contribution is -0.136. The van der Waals surface area contributed by atoms with Crippen LogP contribution in [0.15, 0.2) is 0 Å². The van der Waals surface area contributed by atoms with Crippen LogP contribution in [-0.4, -0.2) is 27.7 Å². The highest BCUT2D eigenvalue weighted by Gasteiger charge is 1.95. The Labute approximate surface area is 140 Å². The molecular formula is C16H32O3S2. The molecule has 0 fully saturated rings. The van der Waals surface area contributed by atoms with Gasteiger partial charge in [-0.1, -0.05) is 70.1 Å². The lowest BCUT2D eigenvalue weighted by Crippen LogP contribution is -1.93. The van der Waals surface area contributed by atoms with Crippen molar-refractivity contribution >= 4 is 35.5 Å². The maximum absolute atomic E-state index is 10.6. The fourth-order valence-corrected chi connectivity index (χ4v) is 2.55. The minimum Gasteiger partial charge on any atom is -0.481 e. The third-order valence-electron chi connectivity index (χ3n) is 2.88. The van der Waals surface area contributed by atoms with E-state index >= 15 is 0 Å². The number of thiol groups is 1. The first kappa shape index (κ1) is 23.1. The summed E-state index contributed by atoms with van der Waals surface area (Å²) >= 11 is 5.15. The third-order valence-corrected chi connectivity index (χ3v) is 4.00. The van der Waals surface area contributed by atoms with Gasteiger partial charge in [0.2, 0.25) is 0 Å². The van der Waals surface area contributed by atoms with E-state index in [0.29, 0.717) is 5.75 Å². The molecule has 0 spiro atoms. The van der Waals surface area contributed by atoms with Gasteiger partial charge in [0.1, 0.15) is 0 Å². The highest BCUT2D eigenvalue weighted by molar-refractivity contribution is 8.13. The summed E-state index contributed by atoms with van der Waals surface area (Å²) in [6.45, 7) is 3.91. The maximum atomic E-state index is 10.6. The molecule has 0 bridgehead atoms. The van der Waals surface area contributed by atoms with Crippen molar-refractivity contribution in [2.24, 2.45) is 0 Å². The van der Waals surface area contributed by atoms with E-state index in [1.807, 2.05) is 0 Å². The normalized spacial score (nSPS) is 9.86. The predicted octanol–water partition coefficient (Wildman–Crippen LogP) is 5.19. The topological polar surface area (TPSA) is 54.4 Å². The molecule has 0 atom stereocenters. The van der Waals surface area contributed by atoms with Crippen LogP contribution >= 0.6 is 24.4 Å². The molecule has 0 saturated heterocycles. The van der Waals surface area contributed by atoms with Crippen LogP contribution in [0, 0.1) is 0 Å². The van der Waals surface area contributed by atoms with Crippen LogP contribution in [0.1, 0.15) is 78.1 Å². The van der Waals surface area contributed by atoms with E-state index in [4.69, 9.17) is 5.11 Å². The van der Waals surface area contributed by atoms with Crippen molar-refractivity contribution in [2.75, 3.05) is 11.5 Å². The minimum absolute atomic E-state index is 0.156. The second-order valence-electron chi connectivity index (χ2n) is 5.04. The van der Waals surface area contributed by atoms with Gasteiger partial charge in [-0.3, -0.25) is 9.59 Å². The molecule has 1 N–H and O–H groups in total. The first-order chi connectivity index (χ1) is 10.0. The molecule has 0 unspecified atom stereocenters. The van der Waals surface area contributed by atoms with E-state index in [9.17, 15) is 9.59 Å². The van der Waals surface area contributed by atoms with Crippen LogP contribution in [0.3, 0.4) is 0 Å². The summed E-state index contributed by atoms with van der Waals surface area (Å²) < 4.78 is 0. The molecule has 0 radical (unpaired) electrons. The molecule has 0 aliphatic heterocycles. The number of carboxylic acid groups (broad SMARTS) is 1. The van der Waals surface area contributed by atoms with Gasteiger partial charge < -0.3 is 5.11 Å². The summed E-state index contributed by atoms with van der Waals surface area (Å²) in [5.41, 5.74) is 0. The standard InChI is InChI=1S/C13H26OS.C3H6O2S/c1-3-4-5-6-7-8-9-10-11-12-15-13(2)14;4-3(5)1-2-6/h3-12H2,1-2H3;6H,1-2H2,(H,4,5). The van der Waals surface area contributed by atoms with Crippen molar-refractivity contribution in [2.45, 2.75) is 78.1 Å². The van der Waals surface area contributed by atoms with Crippen molar-refractivity contribution in [3.8, 4) is 0 Å². The third kappa shape index (κ3) is 28.7. The van der Waals surface area contributed by atoms with Crippen molar-refractivity contribution < 1.29 is 14.7 Å². The maximum Gasteiger partial charge on any atom is 0.304 e. The fraction of sp³-hybridized carbons (Fsp3) is 0.875. The molecule has 0 heterocycles. The van der Waals surface area contributed by atoms with Gasteiger partial charge in [-0.05, 0) is 6.42 Å². The molecule has 0 aliphatic rings. The summed E-state index contributed by atoms with van der Waals surface area (Å²) in [6.07, 6.45) is 12.4. The Morgan fingerprint density at radius 1 is 0.952 bits per heavy atom. The van der Waals surface area contributed by atoms with Gasteiger partial charge in [0, 0.05) is 18.4 Å². The van der Waals surface area contributed by atoms with Crippen LogP contribution in [0.5, 0.6) is 0 Å². The molecular weight excluding hydrogens is 304 g/mol. The van der Waals surface area contributed by atoms with Gasteiger partial charge in [0.15, 0.2) is 5.12 Å². The van der Waals surface area contributed by atoms with Crippen LogP contribution in [0.2, 0.25) is 0 Å². The highest BCUT2D eigenvalue weighted by atomic mass is 32.2. The zero-order chi connectivity index (χ0) is 16.3. The number of thioether (sulfide) groups is 1. The first-order valence-electron chi connectivity index (χ1n) is 8.00. The monoisotopic (exact) mass is 336 g/mol. The Morgan fingerprint density at radius 3 is 1.76 bits per heavy atom. The van der Waals surface area contributed by atoms with Crippen molar-refractivity contribution in [3.63, 3.8) is 0 Å². The molecule has 3 nitrogen and oxygen atoms in total. The molecule has 5 heteroatoms. The van der Waals surface area contributed by atoms with Gasteiger partial charge in [0.25, 0.3) is 0 Å². The number of hydrogen-bond donors (Lipinski definition) is 2. The van der Waals surface area contributed by atoms with Gasteiger partial charge in [-0.25, -0.2) is 0 Å². The highest BCUT2D eigenvalue weighted by Crippen LogP contribution is 2.11. The lowest BCUT2D eigenvalue weighted by Gasteiger charge is -2.01. The smallest absolute Gasteiger partial charge is 0.304 e. The SMILES string of the molecule is CCCCCCCCCCCSC(C)=O.O=C(O)CCS. The van der Waals surface area contributed by atoms with Crippen molar-refractivity contribution in [3.05, 3.63) is 0 Å². The molecule has 0 aromatic heterocycles. The quantitative estimate of drug-likeness (QED) is 0.380. The Morgan fingerprint density at radius 2 is 1.43 bits per heavy atom. The first-order valence-corrected chi connectivity index (χ1v) is 9.62. The average molecular weight is 337 g/mol. The van der Waals surface area contributed by atoms with Crippen LogP contribution < -0.4 is 0 Å². The van der Waals surface area contributed by atoms with Crippen molar-refractivity contribution in [1.29, 1.82) is 0 Å². The van der Waals surface area contributed by atoms with Crippen LogP contribution in [0.25, 0.3) is 0 Å². The van der Waals surface area contributed by atoms with E-state index < -0.39 is 5.97 Å². The van der Waals surface area contributed by atoms with Crippen LogP contribution in [-0.2, 0) is 9.59 Å². The van der Waals surface area contributed by atoms with E-state index in [-0.39, 0.29) is 11.5 Å². The zero-order valence-electron chi connectivity index (χ0n) is 13.6. The summed E-state index contributed by atoms with van der Waals surface area (Å²) in [4.78, 5) is 20.2. The predicted molar refractivity (Wildman–Crippen MR) is 96.5 cm³/mol. The molecule has 126 valence electrons. The van der Waals surface area contributed by atoms with Gasteiger partial charge in [0.05, 0.1) is 6.42 Å². The Hall–Kier alpha value is -0.160. The Balaban J connectivity index is 0. The summed E-state index contributed by atoms with van der Waals surface area (Å²) in [5, 5.41) is 8.12. The average Bonchev–Trinajstić information content (AvgIpc) is 2.41. The molecule has 0 saturated carbocycles. The zero-order valence-corrected chi connectivity index (χ0v) is 15.3. The largest absolute Gasteiger partial charge is 0.481 e. The van der Waals surface area contributed by atoms with Crippen molar-refractivity contribution in [1.82, 2.24) is 0 Å². The Kier molecular flexibility index (Phi) is 21.8. The number of unbranched alkanes of at least 4 members (excludes halogenated alkanes) is 8. The number of aliphatic carboxylic acids is 1. The summed E-state index contributed by atoms with van der Waals surface area (Å²) in [6, 6.07) is 0. The van der Waals surface area contributed by atoms with E-state index in [0.717, 1.165) is 5.75 Å². The molecule has 0 aromatic carbocycles. The minimum atomic E-state index is -0.787. The Bertz CT molecular complexity index is 246. The number of carbonyl (C=O) groups excluding carboxylic acids is 1. The molecule has 0 aromatic rings. The van der Waals surface area contributed by atoms with E-state index in [1.165, 1.54) is 69.5 Å². The second kappa shape index (κ2) is 19.8. The summed E-state index contributed by atoms with van der Waals surface area (Å²) in [5.74, 6) is 0.658. The van der Waals surface area contributed by atoms with E-state index in [1.54, 1.807) is 6.92 Å². The van der Waals surface area contributed by atoms with Gasteiger partial charge in [-0.2, -0.15) is 12.6 Å².